The van der Waals surface area contributed by atoms with Gasteiger partial charge in [0.1, 0.15) is 0 Å². The van der Waals surface area contributed by atoms with Crippen LogP contribution in [0.1, 0.15) is 24.3 Å². The number of fused-ring (bicyclic) bond motifs is 1. The Morgan fingerprint density at radius 3 is 2.62 bits per heavy atom. The smallest absolute Gasteiger partial charge is 0.00171 e. The van der Waals surface area contributed by atoms with Gasteiger partial charge in [-0.1, -0.05) is 0 Å². The highest BCUT2D eigenvalue weighted by molar-refractivity contribution is 7.07. The summed E-state index contributed by atoms with van der Waals surface area (Å²) < 4.78 is 0. The third-order valence-corrected chi connectivity index (χ3v) is 4.37. The third kappa shape index (κ3) is 1.32. The van der Waals surface area contributed by atoms with E-state index in [-0.39, 0.29) is 0 Å². The Bertz CT molecular complexity index is 268. The first kappa shape index (κ1) is 8.01. The summed E-state index contributed by atoms with van der Waals surface area (Å²) in [5.41, 5.74) is 1.60. The third-order valence-electron chi connectivity index (χ3n) is 3.67. The number of hydrogen-bond donors (Lipinski definition) is 1. The van der Waals surface area contributed by atoms with Crippen LogP contribution in [-0.2, 0) is 0 Å². The maximum atomic E-state index is 3.49. The molecule has 2 aliphatic rings. The maximum Gasteiger partial charge on any atom is -0.00171 e. The van der Waals surface area contributed by atoms with Crippen molar-refractivity contribution in [2.45, 2.75) is 18.8 Å². The van der Waals surface area contributed by atoms with Gasteiger partial charge in [-0.3, -0.25) is 0 Å². The molecule has 1 aliphatic heterocycles. The van der Waals surface area contributed by atoms with Gasteiger partial charge in [0.05, 0.1) is 0 Å². The summed E-state index contributed by atoms with van der Waals surface area (Å²) in [6, 6.07) is 2.31. The second kappa shape index (κ2) is 3.10. The van der Waals surface area contributed by atoms with E-state index in [0.29, 0.717) is 0 Å². The van der Waals surface area contributed by atoms with Crippen LogP contribution in [0.15, 0.2) is 16.8 Å². The van der Waals surface area contributed by atoms with E-state index in [1.807, 2.05) is 11.3 Å². The highest BCUT2D eigenvalue weighted by atomic mass is 32.1. The Morgan fingerprint density at radius 1 is 1.23 bits per heavy atom. The van der Waals surface area contributed by atoms with Crippen LogP contribution in [0.25, 0.3) is 0 Å². The van der Waals surface area contributed by atoms with Crippen LogP contribution in [-0.4, -0.2) is 13.1 Å². The van der Waals surface area contributed by atoms with E-state index in [1.165, 1.54) is 25.9 Å². The summed E-state index contributed by atoms with van der Waals surface area (Å²) in [4.78, 5) is 0. The summed E-state index contributed by atoms with van der Waals surface area (Å²) in [7, 11) is 0. The Balaban J connectivity index is 1.76. The molecule has 1 nitrogen and oxygen atoms in total. The predicted molar refractivity (Wildman–Crippen MR) is 56.1 cm³/mol. The average molecular weight is 193 g/mol. The van der Waals surface area contributed by atoms with Crippen LogP contribution < -0.4 is 5.32 Å². The number of hydrogen-bond acceptors (Lipinski definition) is 2. The molecule has 13 heavy (non-hydrogen) atoms. The monoisotopic (exact) mass is 193 g/mol. The summed E-state index contributed by atoms with van der Waals surface area (Å²) >= 11 is 1.84. The molecule has 2 fully saturated rings. The van der Waals surface area contributed by atoms with Crippen LogP contribution in [0.3, 0.4) is 0 Å². The molecule has 0 aromatic carbocycles. The Labute approximate surface area is 83.2 Å². The van der Waals surface area contributed by atoms with E-state index in [2.05, 4.69) is 22.1 Å². The molecule has 2 heterocycles. The molecule has 70 valence electrons. The van der Waals surface area contributed by atoms with Gasteiger partial charge in [0.2, 0.25) is 0 Å². The van der Waals surface area contributed by atoms with Gasteiger partial charge in [-0.2, -0.15) is 11.3 Å². The van der Waals surface area contributed by atoms with E-state index in [4.69, 9.17) is 0 Å². The lowest BCUT2D eigenvalue weighted by atomic mass is 9.99. The second-order valence-electron chi connectivity index (χ2n) is 4.40. The van der Waals surface area contributed by atoms with Gasteiger partial charge in [0.25, 0.3) is 0 Å². The lowest BCUT2D eigenvalue weighted by molar-refractivity contribution is 0.494. The topological polar surface area (TPSA) is 12.0 Å². The summed E-state index contributed by atoms with van der Waals surface area (Å²) in [5.74, 6) is 2.83. The molecule has 1 aromatic heterocycles. The Morgan fingerprint density at radius 2 is 2.00 bits per heavy atom. The maximum absolute atomic E-state index is 3.49. The fraction of sp³-hybridized carbons (Fsp3) is 0.636. The van der Waals surface area contributed by atoms with Crippen LogP contribution in [0.4, 0.5) is 0 Å². The van der Waals surface area contributed by atoms with Crippen molar-refractivity contribution < 1.29 is 0 Å². The van der Waals surface area contributed by atoms with Crippen LogP contribution in [0.5, 0.6) is 0 Å². The van der Waals surface area contributed by atoms with Crippen molar-refractivity contribution in [3.05, 3.63) is 22.4 Å². The van der Waals surface area contributed by atoms with E-state index >= 15 is 0 Å². The van der Waals surface area contributed by atoms with Crippen LogP contribution in [0, 0.1) is 11.8 Å². The molecule has 1 aliphatic carbocycles. The van der Waals surface area contributed by atoms with Gasteiger partial charge in [-0.25, -0.2) is 0 Å². The molecule has 0 spiro atoms. The Kier molecular flexibility index (Phi) is 1.91. The van der Waals surface area contributed by atoms with E-state index < -0.39 is 0 Å². The number of nitrogens with one attached hydrogen (secondary N) is 1. The molecule has 1 N–H and O–H groups in total. The zero-order valence-electron chi connectivity index (χ0n) is 7.70. The molecule has 0 amide bonds. The standard InChI is InChI=1S/C11H15NS/c1-2-13-7-8(1)9-3-10-5-12-6-11(10)4-9/h1-2,7,9-12H,3-6H2/t9?,10-,11+. The first-order valence-corrected chi connectivity index (χ1v) is 6.10. The number of rotatable bonds is 1. The lowest BCUT2D eigenvalue weighted by Crippen LogP contribution is -2.11. The van der Waals surface area contributed by atoms with Crippen molar-refractivity contribution in [1.29, 1.82) is 0 Å². The SMILES string of the molecule is c1cc(C2C[C@H]3CNC[C@H]3C2)cs1. The minimum absolute atomic E-state index is 0.878. The van der Waals surface area contributed by atoms with Gasteiger partial charge in [-0.05, 0) is 66.1 Å². The Hall–Kier alpha value is -0.340. The van der Waals surface area contributed by atoms with Gasteiger partial charge < -0.3 is 5.32 Å². The molecule has 1 unspecified atom stereocenters. The first-order valence-electron chi connectivity index (χ1n) is 5.16. The highest BCUT2D eigenvalue weighted by Crippen LogP contribution is 2.44. The molecule has 0 radical (unpaired) electrons. The van der Waals surface area contributed by atoms with E-state index in [9.17, 15) is 0 Å². The molecule has 3 rings (SSSR count). The fourth-order valence-corrected chi connectivity index (χ4v) is 3.69. The summed E-state index contributed by atoms with van der Waals surface area (Å²) in [6.45, 7) is 2.54. The van der Waals surface area contributed by atoms with Crippen molar-refractivity contribution in [3.63, 3.8) is 0 Å². The van der Waals surface area contributed by atoms with E-state index in [1.54, 1.807) is 5.56 Å². The normalized spacial score (nSPS) is 38.0. The predicted octanol–water partition coefficient (Wildman–Crippen LogP) is 2.46. The van der Waals surface area contributed by atoms with E-state index in [0.717, 1.165) is 17.8 Å². The van der Waals surface area contributed by atoms with Crippen molar-refractivity contribution in [3.8, 4) is 0 Å². The van der Waals surface area contributed by atoms with Crippen LogP contribution in [0.2, 0.25) is 0 Å². The molecular weight excluding hydrogens is 178 g/mol. The molecule has 1 aromatic rings. The molecule has 1 saturated heterocycles. The molecular formula is C11H15NS. The van der Waals surface area contributed by atoms with Gasteiger partial charge in [0.15, 0.2) is 0 Å². The number of thiophene rings is 1. The zero-order chi connectivity index (χ0) is 8.67. The van der Waals surface area contributed by atoms with Crippen molar-refractivity contribution in [2.75, 3.05) is 13.1 Å². The quantitative estimate of drug-likeness (QED) is 0.722. The van der Waals surface area contributed by atoms with Crippen molar-refractivity contribution in [2.24, 2.45) is 11.8 Å². The summed E-state index contributed by atoms with van der Waals surface area (Å²) in [6.07, 6.45) is 2.85. The lowest BCUT2D eigenvalue weighted by Gasteiger charge is -2.08. The molecule has 3 atom stereocenters. The zero-order valence-corrected chi connectivity index (χ0v) is 8.52. The van der Waals surface area contributed by atoms with Gasteiger partial charge in [0, 0.05) is 0 Å². The largest absolute Gasteiger partial charge is 0.316 e. The highest BCUT2D eigenvalue weighted by Gasteiger charge is 2.37. The molecule has 1 saturated carbocycles. The van der Waals surface area contributed by atoms with Crippen molar-refractivity contribution >= 4 is 11.3 Å². The fourth-order valence-electron chi connectivity index (χ4n) is 2.95. The minimum atomic E-state index is 0.878. The van der Waals surface area contributed by atoms with Gasteiger partial charge >= 0.3 is 0 Å². The average Bonchev–Trinajstić information content (AvgIpc) is 2.78. The summed E-state index contributed by atoms with van der Waals surface area (Å²) in [5, 5.41) is 8.04. The van der Waals surface area contributed by atoms with Gasteiger partial charge in [-0.15, -0.1) is 0 Å². The molecule has 0 bridgehead atoms. The van der Waals surface area contributed by atoms with Crippen molar-refractivity contribution in [1.82, 2.24) is 5.32 Å². The first-order chi connectivity index (χ1) is 6.43. The second-order valence-corrected chi connectivity index (χ2v) is 5.18. The molecule has 2 heteroatoms. The minimum Gasteiger partial charge on any atom is -0.316 e. The van der Waals surface area contributed by atoms with Crippen LogP contribution >= 0.6 is 11.3 Å².